The molecule has 0 spiro atoms. The van der Waals surface area contributed by atoms with Crippen LogP contribution >= 0.6 is 11.6 Å². The summed E-state index contributed by atoms with van der Waals surface area (Å²) in [6.45, 7) is 4.73. The zero-order chi connectivity index (χ0) is 13.8. The molecule has 1 unspecified atom stereocenters. The quantitative estimate of drug-likeness (QED) is 0.882. The molecule has 19 heavy (non-hydrogen) atoms. The van der Waals surface area contributed by atoms with Gasteiger partial charge in [-0.15, -0.1) is 0 Å². The summed E-state index contributed by atoms with van der Waals surface area (Å²) in [5.41, 5.74) is 10.5. The highest BCUT2D eigenvalue weighted by atomic mass is 35.5. The van der Waals surface area contributed by atoms with Crippen LogP contribution in [0.2, 0.25) is 5.02 Å². The predicted molar refractivity (Wildman–Crippen MR) is 82.8 cm³/mol. The van der Waals surface area contributed by atoms with Crippen LogP contribution in [0.1, 0.15) is 22.7 Å². The summed E-state index contributed by atoms with van der Waals surface area (Å²) < 4.78 is 0. The highest BCUT2D eigenvalue weighted by Crippen LogP contribution is 2.27. The van der Waals surface area contributed by atoms with Crippen LogP contribution in [-0.4, -0.2) is 6.54 Å². The molecule has 0 bridgehead atoms. The van der Waals surface area contributed by atoms with E-state index in [4.69, 9.17) is 17.3 Å². The van der Waals surface area contributed by atoms with E-state index >= 15 is 0 Å². The van der Waals surface area contributed by atoms with Crippen molar-refractivity contribution in [1.29, 1.82) is 0 Å². The number of benzene rings is 2. The van der Waals surface area contributed by atoms with Gasteiger partial charge in [0, 0.05) is 6.54 Å². The van der Waals surface area contributed by atoms with Gasteiger partial charge in [-0.2, -0.15) is 0 Å². The molecule has 0 aliphatic carbocycles. The van der Waals surface area contributed by atoms with Crippen molar-refractivity contribution in [2.24, 2.45) is 5.73 Å². The summed E-state index contributed by atoms with van der Waals surface area (Å²) in [5, 5.41) is 4.13. The lowest BCUT2D eigenvalue weighted by Gasteiger charge is -2.21. The maximum atomic E-state index is 6.17. The van der Waals surface area contributed by atoms with Crippen molar-refractivity contribution in [3.05, 3.63) is 64.2 Å². The van der Waals surface area contributed by atoms with Crippen LogP contribution < -0.4 is 11.1 Å². The largest absolute Gasteiger partial charge is 0.376 e. The third-order valence-corrected chi connectivity index (χ3v) is 3.57. The molecule has 2 aromatic carbocycles. The van der Waals surface area contributed by atoms with Gasteiger partial charge >= 0.3 is 0 Å². The lowest BCUT2D eigenvalue weighted by Crippen LogP contribution is -2.21. The molecule has 0 saturated heterocycles. The van der Waals surface area contributed by atoms with E-state index in [-0.39, 0.29) is 6.04 Å². The first-order valence-electron chi connectivity index (χ1n) is 6.40. The number of para-hydroxylation sites is 1. The molecule has 0 aliphatic heterocycles. The Bertz CT molecular complexity index is 566. The van der Waals surface area contributed by atoms with Gasteiger partial charge in [0.1, 0.15) is 0 Å². The molecular formula is C16H19ClN2. The van der Waals surface area contributed by atoms with E-state index in [0.29, 0.717) is 11.6 Å². The maximum Gasteiger partial charge on any atom is 0.0639 e. The monoisotopic (exact) mass is 274 g/mol. The Labute approximate surface area is 119 Å². The lowest BCUT2D eigenvalue weighted by atomic mass is 9.99. The predicted octanol–water partition coefficient (Wildman–Crippen LogP) is 4.07. The fraction of sp³-hybridized carbons (Fsp3) is 0.250. The number of hydrogen-bond donors (Lipinski definition) is 2. The molecule has 3 N–H and O–H groups in total. The van der Waals surface area contributed by atoms with Crippen LogP contribution in [-0.2, 0) is 0 Å². The number of aryl methyl sites for hydroxylation is 2. The Balaban J connectivity index is 2.28. The molecule has 0 amide bonds. The van der Waals surface area contributed by atoms with Gasteiger partial charge in [-0.25, -0.2) is 0 Å². The summed E-state index contributed by atoms with van der Waals surface area (Å²) in [7, 11) is 0. The van der Waals surface area contributed by atoms with E-state index in [9.17, 15) is 0 Å². The Morgan fingerprint density at radius 2 is 1.89 bits per heavy atom. The van der Waals surface area contributed by atoms with Gasteiger partial charge in [-0.1, -0.05) is 47.5 Å². The van der Waals surface area contributed by atoms with Crippen molar-refractivity contribution in [2.45, 2.75) is 19.9 Å². The van der Waals surface area contributed by atoms with Crippen molar-refractivity contribution in [1.82, 2.24) is 0 Å². The van der Waals surface area contributed by atoms with Gasteiger partial charge in [0.05, 0.1) is 16.8 Å². The van der Waals surface area contributed by atoms with Crippen molar-refractivity contribution in [3.63, 3.8) is 0 Å². The van der Waals surface area contributed by atoms with Crippen LogP contribution in [0.4, 0.5) is 5.69 Å². The van der Waals surface area contributed by atoms with Crippen LogP contribution in [0.15, 0.2) is 42.5 Å². The Hall–Kier alpha value is -1.51. The smallest absolute Gasteiger partial charge is 0.0639 e. The van der Waals surface area contributed by atoms with Gasteiger partial charge in [0.15, 0.2) is 0 Å². The number of hydrogen-bond acceptors (Lipinski definition) is 2. The highest BCUT2D eigenvalue weighted by molar-refractivity contribution is 6.33. The summed E-state index contributed by atoms with van der Waals surface area (Å²) in [6, 6.07) is 14.2. The topological polar surface area (TPSA) is 38.0 Å². The Morgan fingerprint density at radius 1 is 1.16 bits per heavy atom. The van der Waals surface area contributed by atoms with Crippen LogP contribution in [0, 0.1) is 13.8 Å². The Morgan fingerprint density at radius 3 is 2.53 bits per heavy atom. The summed E-state index contributed by atoms with van der Waals surface area (Å²) in [5.74, 6) is 0. The van der Waals surface area contributed by atoms with Crippen LogP contribution in [0.5, 0.6) is 0 Å². The third kappa shape index (κ3) is 3.28. The average molecular weight is 275 g/mol. The number of halogens is 1. The van der Waals surface area contributed by atoms with Crippen molar-refractivity contribution >= 4 is 17.3 Å². The SMILES string of the molecule is Cc1ccc(C(CN)Nc2ccccc2Cl)c(C)c1. The molecule has 0 heterocycles. The van der Waals surface area contributed by atoms with E-state index in [1.54, 1.807) is 0 Å². The fourth-order valence-electron chi connectivity index (χ4n) is 2.25. The van der Waals surface area contributed by atoms with Gasteiger partial charge in [0.25, 0.3) is 0 Å². The van der Waals surface area contributed by atoms with Crippen molar-refractivity contribution in [2.75, 3.05) is 11.9 Å². The van der Waals surface area contributed by atoms with E-state index in [1.807, 2.05) is 24.3 Å². The third-order valence-electron chi connectivity index (χ3n) is 3.24. The molecule has 0 fully saturated rings. The second-order valence-electron chi connectivity index (χ2n) is 4.77. The highest BCUT2D eigenvalue weighted by Gasteiger charge is 2.13. The van der Waals surface area contributed by atoms with E-state index in [0.717, 1.165) is 5.69 Å². The molecule has 3 heteroatoms. The second kappa shape index (κ2) is 6.09. The molecule has 0 saturated carbocycles. The molecule has 2 nitrogen and oxygen atoms in total. The number of nitrogens with one attached hydrogen (secondary N) is 1. The molecular weight excluding hydrogens is 256 g/mol. The second-order valence-corrected chi connectivity index (χ2v) is 5.18. The lowest BCUT2D eigenvalue weighted by molar-refractivity contribution is 0.783. The van der Waals surface area contributed by atoms with Gasteiger partial charge in [0.2, 0.25) is 0 Å². The normalized spacial score (nSPS) is 12.2. The van der Waals surface area contributed by atoms with Crippen LogP contribution in [0.25, 0.3) is 0 Å². The minimum Gasteiger partial charge on any atom is -0.376 e. The van der Waals surface area contributed by atoms with E-state index < -0.39 is 0 Å². The van der Waals surface area contributed by atoms with Gasteiger partial charge in [-0.3, -0.25) is 0 Å². The minimum atomic E-state index is 0.0699. The van der Waals surface area contributed by atoms with Crippen molar-refractivity contribution in [3.8, 4) is 0 Å². The molecule has 0 radical (unpaired) electrons. The first-order chi connectivity index (χ1) is 9.11. The number of nitrogens with two attached hydrogens (primary N) is 1. The standard InChI is InChI=1S/C16H19ClN2/c1-11-7-8-13(12(2)9-11)16(10-18)19-15-6-4-3-5-14(15)17/h3-9,16,19H,10,18H2,1-2H3. The molecule has 2 rings (SSSR count). The average Bonchev–Trinajstić information content (AvgIpc) is 2.39. The zero-order valence-corrected chi connectivity index (χ0v) is 12.0. The Kier molecular flexibility index (Phi) is 4.46. The number of rotatable bonds is 4. The minimum absolute atomic E-state index is 0.0699. The summed E-state index contributed by atoms with van der Waals surface area (Å²) in [6.07, 6.45) is 0. The molecule has 2 aromatic rings. The zero-order valence-electron chi connectivity index (χ0n) is 11.3. The maximum absolute atomic E-state index is 6.17. The molecule has 100 valence electrons. The number of anilines is 1. The van der Waals surface area contributed by atoms with Crippen LogP contribution in [0.3, 0.4) is 0 Å². The summed E-state index contributed by atoms with van der Waals surface area (Å²) in [4.78, 5) is 0. The first-order valence-corrected chi connectivity index (χ1v) is 6.78. The van der Waals surface area contributed by atoms with E-state index in [2.05, 4.69) is 37.4 Å². The van der Waals surface area contributed by atoms with Gasteiger partial charge in [-0.05, 0) is 37.1 Å². The van der Waals surface area contributed by atoms with Gasteiger partial charge < -0.3 is 11.1 Å². The molecule has 1 atom stereocenters. The first kappa shape index (κ1) is 13.9. The van der Waals surface area contributed by atoms with Crippen molar-refractivity contribution < 1.29 is 0 Å². The molecule has 0 aromatic heterocycles. The van der Waals surface area contributed by atoms with E-state index in [1.165, 1.54) is 16.7 Å². The fourth-order valence-corrected chi connectivity index (χ4v) is 2.44. The molecule has 0 aliphatic rings. The summed E-state index contributed by atoms with van der Waals surface area (Å²) >= 11 is 6.17.